The first-order chi connectivity index (χ1) is 10.8. The first-order valence-electron chi connectivity index (χ1n) is 8.75. The first-order valence-corrected chi connectivity index (χ1v) is 8.75. The molecule has 1 fully saturated rings. The standard InChI is InChI=1S/C20H29NO2/c1-14-6-7-16(23-5)15-8-9-20(17(14)15)10-12-21(13-11-20)18(22)19(2,3)4/h6-7H,8-13H2,1-5H3. The van der Waals surface area contributed by atoms with Gasteiger partial charge in [0.1, 0.15) is 5.75 Å². The third kappa shape index (κ3) is 2.64. The number of carbonyl (C=O) groups is 1. The number of aryl methyl sites for hydroxylation is 1. The van der Waals surface area contributed by atoms with Crippen LogP contribution in [-0.4, -0.2) is 31.0 Å². The van der Waals surface area contributed by atoms with E-state index in [0.717, 1.165) is 38.1 Å². The Kier molecular flexibility index (Phi) is 3.94. The zero-order valence-electron chi connectivity index (χ0n) is 15.2. The van der Waals surface area contributed by atoms with Crippen LogP contribution in [0.4, 0.5) is 0 Å². The van der Waals surface area contributed by atoms with Crippen LogP contribution >= 0.6 is 0 Å². The number of carbonyl (C=O) groups excluding carboxylic acids is 1. The maximum atomic E-state index is 12.5. The van der Waals surface area contributed by atoms with Gasteiger partial charge >= 0.3 is 0 Å². The monoisotopic (exact) mass is 315 g/mol. The number of likely N-dealkylation sites (tertiary alicyclic amines) is 1. The zero-order valence-corrected chi connectivity index (χ0v) is 15.2. The lowest BCUT2D eigenvalue weighted by molar-refractivity contribution is -0.141. The fourth-order valence-corrected chi connectivity index (χ4v) is 4.53. The van der Waals surface area contributed by atoms with E-state index in [4.69, 9.17) is 4.74 Å². The molecule has 1 heterocycles. The summed E-state index contributed by atoms with van der Waals surface area (Å²) in [6.07, 6.45) is 4.46. The van der Waals surface area contributed by atoms with Gasteiger partial charge in [0, 0.05) is 18.5 Å². The van der Waals surface area contributed by atoms with Crippen LogP contribution in [0.1, 0.15) is 56.7 Å². The third-order valence-electron chi connectivity index (χ3n) is 5.73. The van der Waals surface area contributed by atoms with Crippen LogP contribution in [-0.2, 0) is 16.6 Å². The molecule has 0 N–H and O–H groups in total. The van der Waals surface area contributed by atoms with Gasteiger partial charge in [-0.2, -0.15) is 0 Å². The molecule has 0 atom stereocenters. The second kappa shape index (κ2) is 5.54. The van der Waals surface area contributed by atoms with Gasteiger partial charge in [-0.25, -0.2) is 0 Å². The van der Waals surface area contributed by atoms with Crippen molar-refractivity contribution in [1.82, 2.24) is 4.90 Å². The van der Waals surface area contributed by atoms with Gasteiger partial charge in [0.15, 0.2) is 0 Å². The highest BCUT2D eigenvalue weighted by molar-refractivity contribution is 5.81. The summed E-state index contributed by atoms with van der Waals surface area (Å²) in [5.41, 5.74) is 4.27. The molecule has 0 bridgehead atoms. The van der Waals surface area contributed by atoms with Gasteiger partial charge in [-0.15, -0.1) is 0 Å². The van der Waals surface area contributed by atoms with E-state index in [-0.39, 0.29) is 16.7 Å². The second-order valence-electron chi connectivity index (χ2n) is 8.26. The van der Waals surface area contributed by atoms with Gasteiger partial charge in [0.2, 0.25) is 5.91 Å². The minimum Gasteiger partial charge on any atom is -0.496 e. The number of methoxy groups -OCH3 is 1. The van der Waals surface area contributed by atoms with Crippen molar-refractivity contribution in [1.29, 1.82) is 0 Å². The van der Waals surface area contributed by atoms with E-state index >= 15 is 0 Å². The van der Waals surface area contributed by atoms with Crippen molar-refractivity contribution < 1.29 is 9.53 Å². The van der Waals surface area contributed by atoms with E-state index in [1.165, 1.54) is 23.1 Å². The molecule has 126 valence electrons. The molecular formula is C20H29NO2. The zero-order chi connectivity index (χ0) is 16.8. The molecule has 3 nitrogen and oxygen atoms in total. The number of piperidine rings is 1. The molecule has 0 unspecified atom stereocenters. The second-order valence-corrected chi connectivity index (χ2v) is 8.26. The average Bonchev–Trinajstić information content (AvgIpc) is 2.87. The molecular weight excluding hydrogens is 286 g/mol. The fraction of sp³-hybridized carbons (Fsp3) is 0.650. The molecule has 0 saturated carbocycles. The molecule has 1 saturated heterocycles. The molecule has 0 radical (unpaired) electrons. The van der Waals surface area contributed by atoms with Crippen LogP contribution in [0.15, 0.2) is 12.1 Å². The molecule has 0 aromatic heterocycles. The quantitative estimate of drug-likeness (QED) is 0.787. The van der Waals surface area contributed by atoms with Crippen LogP contribution in [0.2, 0.25) is 0 Å². The number of benzene rings is 1. The van der Waals surface area contributed by atoms with Crippen molar-refractivity contribution >= 4 is 5.91 Å². The lowest BCUT2D eigenvalue weighted by Gasteiger charge is -2.42. The smallest absolute Gasteiger partial charge is 0.227 e. The predicted octanol–water partition coefficient (Wildman–Crippen LogP) is 3.86. The SMILES string of the molecule is COc1ccc(C)c2c1CCC21CCN(C(=O)C(C)(C)C)CC1. The highest BCUT2D eigenvalue weighted by atomic mass is 16.5. The Labute approximate surface area is 140 Å². The van der Waals surface area contributed by atoms with Crippen molar-refractivity contribution in [3.05, 3.63) is 28.8 Å². The molecule has 2 aliphatic rings. The summed E-state index contributed by atoms with van der Waals surface area (Å²) in [5, 5.41) is 0. The Morgan fingerprint density at radius 1 is 1.17 bits per heavy atom. The van der Waals surface area contributed by atoms with Gasteiger partial charge in [0.25, 0.3) is 0 Å². The van der Waals surface area contributed by atoms with E-state index in [0.29, 0.717) is 0 Å². The van der Waals surface area contributed by atoms with Crippen molar-refractivity contribution in [3.63, 3.8) is 0 Å². The molecule has 1 spiro atoms. The summed E-state index contributed by atoms with van der Waals surface area (Å²) >= 11 is 0. The van der Waals surface area contributed by atoms with Crippen molar-refractivity contribution in [2.24, 2.45) is 5.41 Å². The normalized spacial score (nSPS) is 19.8. The van der Waals surface area contributed by atoms with Gasteiger partial charge in [-0.3, -0.25) is 4.79 Å². The number of rotatable bonds is 1. The minimum atomic E-state index is -0.281. The molecule has 1 amide bonds. The number of nitrogens with zero attached hydrogens (tertiary/aromatic N) is 1. The molecule has 1 aliphatic heterocycles. The Morgan fingerprint density at radius 3 is 2.39 bits per heavy atom. The number of fused-ring (bicyclic) bond motifs is 2. The number of hydrogen-bond acceptors (Lipinski definition) is 2. The summed E-state index contributed by atoms with van der Waals surface area (Å²) in [5.74, 6) is 1.32. The minimum absolute atomic E-state index is 0.253. The van der Waals surface area contributed by atoms with E-state index in [9.17, 15) is 4.79 Å². The molecule has 1 aromatic rings. The van der Waals surface area contributed by atoms with E-state index in [1.807, 2.05) is 20.8 Å². The number of hydrogen-bond donors (Lipinski definition) is 0. The average molecular weight is 315 g/mol. The topological polar surface area (TPSA) is 29.5 Å². The van der Waals surface area contributed by atoms with Crippen LogP contribution in [0.25, 0.3) is 0 Å². The highest BCUT2D eigenvalue weighted by Crippen LogP contribution is 2.50. The van der Waals surface area contributed by atoms with Gasteiger partial charge < -0.3 is 9.64 Å². The highest BCUT2D eigenvalue weighted by Gasteiger charge is 2.44. The summed E-state index contributed by atoms with van der Waals surface area (Å²) in [7, 11) is 1.76. The molecule has 3 rings (SSSR count). The van der Waals surface area contributed by atoms with Gasteiger partial charge in [-0.1, -0.05) is 26.8 Å². The van der Waals surface area contributed by atoms with E-state index in [2.05, 4.69) is 24.0 Å². The summed E-state index contributed by atoms with van der Waals surface area (Å²) in [6, 6.07) is 4.29. The Bertz CT molecular complexity index is 619. The van der Waals surface area contributed by atoms with E-state index < -0.39 is 0 Å². The fourth-order valence-electron chi connectivity index (χ4n) is 4.53. The molecule has 23 heavy (non-hydrogen) atoms. The predicted molar refractivity (Wildman–Crippen MR) is 93.0 cm³/mol. The number of amides is 1. The molecule has 1 aliphatic carbocycles. The molecule has 3 heteroatoms. The van der Waals surface area contributed by atoms with Gasteiger partial charge in [0.05, 0.1) is 7.11 Å². The Morgan fingerprint density at radius 2 is 1.83 bits per heavy atom. The summed E-state index contributed by atoms with van der Waals surface area (Å²) in [4.78, 5) is 14.6. The van der Waals surface area contributed by atoms with Crippen molar-refractivity contribution in [3.8, 4) is 5.75 Å². The van der Waals surface area contributed by atoms with Gasteiger partial charge in [-0.05, 0) is 60.8 Å². The number of ether oxygens (including phenoxy) is 1. The lowest BCUT2D eigenvalue weighted by atomic mass is 9.72. The third-order valence-corrected chi connectivity index (χ3v) is 5.73. The largest absolute Gasteiger partial charge is 0.496 e. The maximum Gasteiger partial charge on any atom is 0.227 e. The van der Waals surface area contributed by atoms with Crippen molar-refractivity contribution in [2.45, 2.75) is 58.8 Å². The summed E-state index contributed by atoms with van der Waals surface area (Å²) < 4.78 is 5.59. The van der Waals surface area contributed by atoms with Crippen molar-refractivity contribution in [2.75, 3.05) is 20.2 Å². The van der Waals surface area contributed by atoms with Crippen LogP contribution < -0.4 is 4.74 Å². The molecule has 1 aromatic carbocycles. The maximum absolute atomic E-state index is 12.5. The van der Waals surface area contributed by atoms with E-state index in [1.54, 1.807) is 7.11 Å². The summed E-state index contributed by atoms with van der Waals surface area (Å²) in [6.45, 7) is 10.0. The Balaban J connectivity index is 1.85. The van der Waals surface area contributed by atoms with Crippen LogP contribution in [0.5, 0.6) is 5.75 Å². The first kappa shape index (κ1) is 16.4. The lowest BCUT2D eigenvalue weighted by Crippen LogP contribution is -2.48. The van der Waals surface area contributed by atoms with Crippen LogP contribution in [0, 0.1) is 12.3 Å². The van der Waals surface area contributed by atoms with Crippen LogP contribution in [0.3, 0.4) is 0 Å². The Hall–Kier alpha value is -1.51.